The molecule has 0 aliphatic carbocycles. The first-order valence-corrected chi connectivity index (χ1v) is 6.70. The van der Waals surface area contributed by atoms with Gasteiger partial charge in [0, 0.05) is 23.9 Å². The van der Waals surface area contributed by atoms with Crippen LogP contribution in [0.25, 0.3) is 0 Å². The van der Waals surface area contributed by atoms with E-state index in [1.807, 2.05) is 18.2 Å². The van der Waals surface area contributed by atoms with Gasteiger partial charge >= 0.3 is 0 Å². The Morgan fingerprint density at radius 3 is 2.75 bits per heavy atom. The number of phenolic OH excluding ortho intramolecular Hbond substituents is 1. The summed E-state index contributed by atoms with van der Waals surface area (Å²) in [6.45, 7) is 2.88. The molecule has 1 aliphatic rings. The average molecular weight is 271 g/mol. The molecule has 0 unspecified atom stereocenters. The fourth-order valence-electron chi connectivity index (χ4n) is 2.21. The van der Waals surface area contributed by atoms with Gasteiger partial charge in [0.25, 0.3) is 0 Å². The Hall–Kier alpha value is -2.36. The molecule has 0 bridgehead atoms. The summed E-state index contributed by atoms with van der Waals surface area (Å²) < 4.78 is 10.5. The van der Waals surface area contributed by atoms with E-state index in [1.165, 1.54) is 5.56 Å². The third-order valence-electron chi connectivity index (χ3n) is 3.39. The van der Waals surface area contributed by atoms with Crippen LogP contribution in [0, 0.1) is 0 Å². The summed E-state index contributed by atoms with van der Waals surface area (Å²) >= 11 is 0. The van der Waals surface area contributed by atoms with Gasteiger partial charge in [-0.2, -0.15) is 0 Å². The molecule has 0 aromatic heterocycles. The second kappa shape index (κ2) is 5.33. The maximum absolute atomic E-state index is 9.98. The van der Waals surface area contributed by atoms with Crippen molar-refractivity contribution in [3.8, 4) is 17.2 Å². The van der Waals surface area contributed by atoms with Gasteiger partial charge in [0.2, 0.25) is 6.79 Å². The molecule has 4 nitrogen and oxygen atoms in total. The lowest BCUT2D eigenvalue weighted by Gasteiger charge is -2.10. The monoisotopic (exact) mass is 271 g/mol. The van der Waals surface area contributed by atoms with E-state index in [2.05, 4.69) is 24.4 Å². The zero-order valence-corrected chi connectivity index (χ0v) is 11.3. The highest BCUT2D eigenvalue weighted by molar-refractivity contribution is 5.53. The number of aromatic hydroxyl groups is 1. The van der Waals surface area contributed by atoms with Crippen molar-refractivity contribution in [2.75, 3.05) is 12.1 Å². The zero-order chi connectivity index (χ0) is 13.9. The molecule has 0 radical (unpaired) electrons. The Labute approximate surface area is 118 Å². The van der Waals surface area contributed by atoms with Crippen molar-refractivity contribution < 1.29 is 14.6 Å². The van der Waals surface area contributed by atoms with Crippen LogP contribution in [0.4, 0.5) is 5.69 Å². The van der Waals surface area contributed by atoms with Crippen LogP contribution in [-0.2, 0) is 13.0 Å². The number of phenols is 1. The fourth-order valence-corrected chi connectivity index (χ4v) is 2.21. The van der Waals surface area contributed by atoms with Crippen molar-refractivity contribution in [3.63, 3.8) is 0 Å². The molecule has 0 spiro atoms. The normalized spacial score (nSPS) is 12.4. The van der Waals surface area contributed by atoms with Crippen LogP contribution in [0.3, 0.4) is 0 Å². The first-order chi connectivity index (χ1) is 9.76. The number of fused-ring (bicyclic) bond motifs is 1. The Kier molecular flexibility index (Phi) is 3.37. The molecule has 0 fully saturated rings. The summed E-state index contributed by atoms with van der Waals surface area (Å²) in [6, 6.07) is 11.7. The third kappa shape index (κ3) is 2.50. The van der Waals surface area contributed by atoms with Crippen LogP contribution >= 0.6 is 0 Å². The van der Waals surface area contributed by atoms with Crippen molar-refractivity contribution >= 4 is 5.69 Å². The lowest BCUT2D eigenvalue weighted by atomic mass is 10.1. The van der Waals surface area contributed by atoms with Crippen LogP contribution in [0.15, 0.2) is 36.4 Å². The molecule has 0 saturated carbocycles. The topological polar surface area (TPSA) is 50.7 Å². The first kappa shape index (κ1) is 12.7. The van der Waals surface area contributed by atoms with Gasteiger partial charge in [0.1, 0.15) is 5.75 Å². The molecule has 20 heavy (non-hydrogen) atoms. The minimum Gasteiger partial charge on any atom is -0.507 e. The standard InChI is InChI=1S/C16H17NO3/c1-2-11-4-3-5-13(6-11)17-9-12-7-15-16(8-14(12)18)20-10-19-15/h3-8,17-18H,2,9-10H2,1H3. The smallest absolute Gasteiger partial charge is 0.231 e. The molecule has 0 atom stereocenters. The van der Waals surface area contributed by atoms with Gasteiger partial charge in [-0.25, -0.2) is 0 Å². The predicted molar refractivity (Wildman–Crippen MR) is 77.4 cm³/mol. The summed E-state index contributed by atoms with van der Waals surface area (Å²) in [7, 11) is 0. The van der Waals surface area contributed by atoms with Crippen LogP contribution in [0.1, 0.15) is 18.1 Å². The molecule has 1 heterocycles. The average Bonchev–Trinajstić information content (AvgIpc) is 2.92. The lowest BCUT2D eigenvalue weighted by molar-refractivity contribution is 0.174. The summed E-state index contributed by atoms with van der Waals surface area (Å²) in [4.78, 5) is 0. The number of nitrogens with one attached hydrogen (secondary N) is 1. The number of hydrogen-bond acceptors (Lipinski definition) is 4. The van der Waals surface area contributed by atoms with Gasteiger partial charge in [-0.3, -0.25) is 0 Å². The van der Waals surface area contributed by atoms with E-state index < -0.39 is 0 Å². The second-order valence-corrected chi connectivity index (χ2v) is 4.74. The molecule has 104 valence electrons. The van der Waals surface area contributed by atoms with Crippen molar-refractivity contribution in [1.82, 2.24) is 0 Å². The van der Waals surface area contributed by atoms with Crippen molar-refractivity contribution in [2.24, 2.45) is 0 Å². The van der Waals surface area contributed by atoms with Gasteiger partial charge in [0.15, 0.2) is 11.5 Å². The minimum absolute atomic E-state index is 0.213. The second-order valence-electron chi connectivity index (χ2n) is 4.74. The van der Waals surface area contributed by atoms with E-state index in [1.54, 1.807) is 6.07 Å². The van der Waals surface area contributed by atoms with E-state index in [0.717, 1.165) is 17.7 Å². The summed E-state index contributed by atoms with van der Waals surface area (Å²) in [5, 5.41) is 13.3. The molecule has 0 amide bonds. The molecule has 2 N–H and O–H groups in total. The molecule has 4 heteroatoms. The highest BCUT2D eigenvalue weighted by Crippen LogP contribution is 2.37. The van der Waals surface area contributed by atoms with E-state index in [9.17, 15) is 5.11 Å². The molecule has 3 rings (SSSR count). The van der Waals surface area contributed by atoms with Gasteiger partial charge in [0.05, 0.1) is 0 Å². The van der Waals surface area contributed by atoms with E-state index >= 15 is 0 Å². The Morgan fingerprint density at radius 1 is 1.15 bits per heavy atom. The van der Waals surface area contributed by atoms with Crippen LogP contribution in [0.2, 0.25) is 0 Å². The number of hydrogen-bond donors (Lipinski definition) is 2. The van der Waals surface area contributed by atoms with Crippen molar-refractivity contribution in [3.05, 3.63) is 47.5 Å². The van der Waals surface area contributed by atoms with Gasteiger partial charge in [-0.15, -0.1) is 0 Å². The maximum Gasteiger partial charge on any atom is 0.231 e. The Bertz CT molecular complexity index is 625. The highest BCUT2D eigenvalue weighted by Gasteiger charge is 2.16. The lowest BCUT2D eigenvalue weighted by Crippen LogP contribution is -2.00. The van der Waals surface area contributed by atoms with E-state index in [-0.39, 0.29) is 12.5 Å². The molecular weight excluding hydrogens is 254 g/mol. The predicted octanol–water partition coefficient (Wildman–Crippen LogP) is 3.30. The zero-order valence-electron chi connectivity index (χ0n) is 11.3. The number of rotatable bonds is 4. The van der Waals surface area contributed by atoms with Crippen LogP contribution < -0.4 is 14.8 Å². The number of ether oxygens (including phenoxy) is 2. The summed E-state index contributed by atoms with van der Waals surface area (Å²) in [6.07, 6.45) is 1.00. The molecule has 2 aromatic carbocycles. The third-order valence-corrected chi connectivity index (χ3v) is 3.39. The molecular formula is C16H17NO3. The first-order valence-electron chi connectivity index (χ1n) is 6.70. The SMILES string of the molecule is CCc1cccc(NCc2cc3c(cc2O)OCO3)c1. The number of anilines is 1. The summed E-state index contributed by atoms with van der Waals surface area (Å²) in [5.74, 6) is 1.49. The van der Waals surface area contributed by atoms with E-state index in [0.29, 0.717) is 18.0 Å². The van der Waals surface area contributed by atoms with Crippen LogP contribution in [-0.4, -0.2) is 11.9 Å². The van der Waals surface area contributed by atoms with Crippen LogP contribution in [0.5, 0.6) is 17.2 Å². The van der Waals surface area contributed by atoms with Gasteiger partial charge < -0.3 is 19.9 Å². The largest absolute Gasteiger partial charge is 0.507 e. The minimum atomic E-state index is 0.213. The highest BCUT2D eigenvalue weighted by atomic mass is 16.7. The van der Waals surface area contributed by atoms with Crippen molar-refractivity contribution in [2.45, 2.75) is 19.9 Å². The van der Waals surface area contributed by atoms with Crippen molar-refractivity contribution in [1.29, 1.82) is 0 Å². The quantitative estimate of drug-likeness (QED) is 0.896. The number of benzene rings is 2. The number of aryl methyl sites for hydroxylation is 1. The Balaban J connectivity index is 1.75. The molecule has 2 aromatic rings. The molecule has 0 saturated heterocycles. The molecule has 1 aliphatic heterocycles. The summed E-state index contributed by atoms with van der Waals surface area (Å²) in [5.41, 5.74) is 3.11. The fraction of sp³-hybridized carbons (Fsp3) is 0.250. The Morgan fingerprint density at radius 2 is 1.95 bits per heavy atom. The van der Waals surface area contributed by atoms with Gasteiger partial charge in [-0.1, -0.05) is 19.1 Å². The maximum atomic E-state index is 9.98. The van der Waals surface area contributed by atoms with E-state index in [4.69, 9.17) is 9.47 Å². The van der Waals surface area contributed by atoms with Gasteiger partial charge in [-0.05, 0) is 30.2 Å².